The summed E-state index contributed by atoms with van der Waals surface area (Å²) in [4.78, 5) is 0. The van der Waals surface area contributed by atoms with Gasteiger partial charge in [0.25, 0.3) is 0 Å². The zero-order chi connectivity index (χ0) is 14.0. The van der Waals surface area contributed by atoms with Crippen LogP contribution in [-0.4, -0.2) is 0 Å². The lowest BCUT2D eigenvalue weighted by atomic mass is 10.1. The summed E-state index contributed by atoms with van der Waals surface area (Å²) < 4.78 is 0. The highest BCUT2D eigenvalue weighted by Gasteiger charge is 1.90. The summed E-state index contributed by atoms with van der Waals surface area (Å²) >= 11 is 0. The van der Waals surface area contributed by atoms with E-state index in [1.54, 1.807) is 0 Å². The van der Waals surface area contributed by atoms with Gasteiger partial charge in [-0.2, -0.15) is 0 Å². The van der Waals surface area contributed by atoms with Crippen LogP contribution in [0.4, 0.5) is 0 Å². The van der Waals surface area contributed by atoms with E-state index in [0.717, 1.165) is 0 Å². The van der Waals surface area contributed by atoms with Crippen LogP contribution in [0.2, 0.25) is 0 Å². The molecule has 0 spiro atoms. The second-order valence-corrected chi connectivity index (χ2v) is 5.94. The van der Waals surface area contributed by atoms with Crippen molar-refractivity contribution in [1.29, 1.82) is 0 Å². The Kier molecular flexibility index (Phi) is 17.5. The van der Waals surface area contributed by atoms with Gasteiger partial charge in [0.1, 0.15) is 0 Å². The fourth-order valence-corrected chi connectivity index (χ4v) is 2.50. The normalized spacial score (nSPS) is 11.5. The average Bonchev–Trinajstić information content (AvgIpc) is 2.43. The summed E-state index contributed by atoms with van der Waals surface area (Å²) in [5.74, 6) is 0. The Balaban J connectivity index is 3.00. The van der Waals surface area contributed by atoms with Crippen molar-refractivity contribution in [2.75, 3.05) is 0 Å². The Morgan fingerprint density at radius 1 is 0.421 bits per heavy atom. The maximum absolute atomic E-state index is 2.41. The fraction of sp³-hybridized carbons (Fsp3) is 0.895. The van der Waals surface area contributed by atoms with Crippen molar-refractivity contribution in [3.05, 3.63) is 12.2 Å². The summed E-state index contributed by atoms with van der Waals surface area (Å²) in [6.45, 7) is 4.57. The summed E-state index contributed by atoms with van der Waals surface area (Å²) in [6.07, 6.45) is 25.9. The van der Waals surface area contributed by atoms with E-state index in [9.17, 15) is 0 Å². The van der Waals surface area contributed by atoms with Gasteiger partial charge in [0.15, 0.2) is 0 Å². The highest BCUT2D eigenvalue weighted by molar-refractivity contribution is 4.81. The minimum absolute atomic E-state index is 1.31. The van der Waals surface area contributed by atoms with Crippen LogP contribution in [-0.2, 0) is 0 Å². The minimum Gasteiger partial charge on any atom is -0.0885 e. The predicted molar refractivity (Wildman–Crippen MR) is 89.7 cm³/mol. The van der Waals surface area contributed by atoms with Crippen molar-refractivity contribution in [3.63, 3.8) is 0 Å². The lowest BCUT2D eigenvalue weighted by Crippen LogP contribution is -1.80. The second kappa shape index (κ2) is 17.7. The van der Waals surface area contributed by atoms with Crippen molar-refractivity contribution in [1.82, 2.24) is 0 Å². The van der Waals surface area contributed by atoms with Crippen LogP contribution in [0, 0.1) is 0 Å². The smallest absolute Gasteiger partial charge is 0.0351 e. The molecule has 0 N–H and O–H groups in total. The molecule has 0 heterocycles. The number of hydrogen-bond acceptors (Lipinski definition) is 0. The molecule has 0 aromatic carbocycles. The molecule has 0 aliphatic carbocycles. The van der Waals surface area contributed by atoms with Crippen LogP contribution in [0.5, 0.6) is 0 Å². The highest BCUT2D eigenvalue weighted by atomic mass is 14.0. The van der Waals surface area contributed by atoms with E-state index in [4.69, 9.17) is 0 Å². The molecular weight excluding hydrogens is 228 g/mol. The standard InChI is InChI=1S/C19H38/c1-3-5-7-9-11-13-15-17-19-18-16-14-12-10-8-6-4-2/h15,17H,3-14,16,18-19H2,1-2H3. The third kappa shape index (κ3) is 17.7. The van der Waals surface area contributed by atoms with Crippen LogP contribution >= 0.6 is 0 Å². The molecule has 0 unspecified atom stereocenters. The maximum Gasteiger partial charge on any atom is -0.0351 e. The SMILES string of the molecule is CCCCCCCC=CCCCCCCCCCC. The van der Waals surface area contributed by atoms with Crippen molar-refractivity contribution >= 4 is 0 Å². The fourth-order valence-electron chi connectivity index (χ4n) is 2.50. The molecule has 0 amide bonds. The third-order valence-electron chi connectivity index (χ3n) is 3.87. The maximum atomic E-state index is 2.41. The van der Waals surface area contributed by atoms with Crippen molar-refractivity contribution in [2.45, 2.75) is 110 Å². The van der Waals surface area contributed by atoms with Crippen LogP contribution in [0.15, 0.2) is 12.2 Å². The van der Waals surface area contributed by atoms with E-state index in [2.05, 4.69) is 26.0 Å². The van der Waals surface area contributed by atoms with E-state index >= 15 is 0 Å². The van der Waals surface area contributed by atoms with Gasteiger partial charge < -0.3 is 0 Å². The van der Waals surface area contributed by atoms with Crippen LogP contribution in [0.1, 0.15) is 110 Å². The first-order valence-electron chi connectivity index (χ1n) is 9.06. The molecule has 0 radical (unpaired) electrons. The van der Waals surface area contributed by atoms with Crippen LogP contribution in [0.25, 0.3) is 0 Å². The van der Waals surface area contributed by atoms with Gasteiger partial charge in [-0.15, -0.1) is 0 Å². The van der Waals surface area contributed by atoms with E-state index in [1.165, 1.54) is 96.3 Å². The summed E-state index contributed by atoms with van der Waals surface area (Å²) in [7, 11) is 0. The first-order valence-corrected chi connectivity index (χ1v) is 9.06. The number of allylic oxidation sites excluding steroid dienone is 2. The van der Waals surface area contributed by atoms with Crippen molar-refractivity contribution in [2.24, 2.45) is 0 Å². The average molecular weight is 267 g/mol. The molecule has 114 valence electrons. The molecule has 0 aliphatic heterocycles. The number of unbranched alkanes of at least 4 members (excludes halogenated alkanes) is 13. The lowest BCUT2D eigenvalue weighted by Gasteiger charge is -2.00. The van der Waals surface area contributed by atoms with Gasteiger partial charge in [0, 0.05) is 0 Å². The van der Waals surface area contributed by atoms with E-state index in [0.29, 0.717) is 0 Å². The summed E-state index contributed by atoms with van der Waals surface area (Å²) in [5, 5.41) is 0. The van der Waals surface area contributed by atoms with Crippen LogP contribution < -0.4 is 0 Å². The minimum atomic E-state index is 1.31. The largest absolute Gasteiger partial charge is 0.0885 e. The van der Waals surface area contributed by atoms with Gasteiger partial charge in [0.05, 0.1) is 0 Å². The van der Waals surface area contributed by atoms with Crippen molar-refractivity contribution in [3.8, 4) is 0 Å². The molecule has 0 nitrogen and oxygen atoms in total. The Labute approximate surface area is 123 Å². The second-order valence-electron chi connectivity index (χ2n) is 5.94. The van der Waals surface area contributed by atoms with Gasteiger partial charge in [-0.3, -0.25) is 0 Å². The Morgan fingerprint density at radius 3 is 1.11 bits per heavy atom. The molecule has 0 aliphatic rings. The van der Waals surface area contributed by atoms with Crippen LogP contribution in [0.3, 0.4) is 0 Å². The molecule has 0 rings (SSSR count). The molecular formula is C19H38. The lowest BCUT2D eigenvalue weighted by molar-refractivity contribution is 0.577. The predicted octanol–water partition coefficient (Wildman–Crippen LogP) is 7.43. The van der Waals surface area contributed by atoms with E-state index < -0.39 is 0 Å². The Bertz CT molecular complexity index is 169. The Hall–Kier alpha value is -0.260. The molecule has 19 heavy (non-hydrogen) atoms. The molecule has 0 aromatic heterocycles. The van der Waals surface area contributed by atoms with Gasteiger partial charge >= 0.3 is 0 Å². The quantitative estimate of drug-likeness (QED) is 0.213. The van der Waals surface area contributed by atoms with Crippen molar-refractivity contribution < 1.29 is 0 Å². The summed E-state index contributed by atoms with van der Waals surface area (Å²) in [5.41, 5.74) is 0. The van der Waals surface area contributed by atoms with E-state index in [-0.39, 0.29) is 0 Å². The zero-order valence-corrected chi connectivity index (χ0v) is 13.8. The molecule has 0 saturated heterocycles. The highest BCUT2D eigenvalue weighted by Crippen LogP contribution is 2.10. The Morgan fingerprint density at radius 2 is 0.737 bits per heavy atom. The monoisotopic (exact) mass is 266 g/mol. The molecule has 0 fully saturated rings. The van der Waals surface area contributed by atoms with Gasteiger partial charge in [0.2, 0.25) is 0 Å². The van der Waals surface area contributed by atoms with Gasteiger partial charge in [-0.25, -0.2) is 0 Å². The topological polar surface area (TPSA) is 0 Å². The van der Waals surface area contributed by atoms with E-state index in [1.807, 2.05) is 0 Å². The molecule has 0 aromatic rings. The van der Waals surface area contributed by atoms with Gasteiger partial charge in [-0.05, 0) is 25.7 Å². The molecule has 0 heteroatoms. The zero-order valence-electron chi connectivity index (χ0n) is 13.8. The number of hydrogen-bond donors (Lipinski definition) is 0. The first-order chi connectivity index (χ1) is 9.41. The first kappa shape index (κ1) is 18.7. The molecule has 0 saturated carbocycles. The summed E-state index contributed by atoms with van der Waals surface area (Å²) in [6, 6.07) is 0. The third-order valence-corrected chi connectivity index (χ3v) is 3.87. The van der Waals surface area contributed by atoms with Gasteiger partial charge in [-0.1, -0.05) is 96.6 Å². The number of rotatable bonds is 15. The molecule has 0 atom stereocenters. The molecule has 0 bridgehead atoms.